The van der Waals surface area contributed by atoms with E-state index in [2.05, 4.69) is 48.1 Å². The van der Waals surface area contributed by atoms with Gasteiger partial charge in [0.15, 0.2) is 5.16 Å². The highest BCUT2D eigenvalue weighted by Gasteiger charge is 2.05. The fraction of sp³-hybridized carbons (Fsp3) is 0.235. The van der Waals surface area contributed by atoms with E-state index in [1.165, 1.54) is 11.1 Å². The molecule has 0 aliphatic carbocycles. The molecule has 3 aromatic rings. The standard InChI is InChI=1S/C17H17ClN2S.ClH/c1-11(2)13-5-3-12(4-6-13)10-21-17-19-15-8-7-14(18)9-16(15)20-17;/h3-9,11H,10H2,1-2H3,(H,19,20);1H. The quantitative estimate of drug-likeness (QED) is 0.578. The number of nitrogens with one attached hydrogen (secondary N) is 1. The number of aromatic amines is 1. The van der Waals surface area contributed by atoms with Crippen LogP contribution >= 0.6 is 35.8 Å². The monoisotopic (exact) mass is 352 g/mol. The molecule has 1 N–H and O–H groups in total. The Hall–Kier alpha value is -1.16. The zero-order valence-electron chi connectivity index (χ0n) is 12.5. The molecule has 22 heavy (non-hydrogen) atoms. The van der Waals surface area contributed by atoms with Gasteiger partial charge in [-0.25, -0.2) is 4.98 Å². The molecule has 0 aliphatic heterocycles. The van der Waals surface area contributed by atoms with Crippen LogP contribution in [0.5, 0.6) is 0 Å². The van der Waals surface area contributed by atoms with Crippen molar-refractivity contribution in [2.24, 2.45) is 0 Å². The summed E-state index contributed by atoms with van der Waals surface area (Å²) >= 11 is 7.70. The summed E-state index contributed by atoms with van der Waals surface area (Å²) < 4.78 is 0. The third kappa shape index (κ3) is 3.97. The van der Waals surface area contributed by atoms with Crippen molar-refractivity contribution >= 4 is 46.8 Å². The van der Waals surface area contributed by atoms with Crippen LogP contribution in [0, 0.1) is 0 Å². The van der Waals surface area contributed by atoms with Crippen LogP contribution in [0.4, 0.5) is 0 Å². The van der Waals surface area contributed by atoms with E-state index in [-0.39, 0.29) is 12.4 Å². The molecule has 0 fully saturated rings. The van der Waals surface area contributed by atoms with Crippen molar-refractivity contribution in [2.45, 2.75) is 30.7 Å². The van der Waals surface area contributed by atoms with Crippen molar-refractivity contribution in [1.82, 2.24) is 9.97 Å². The molecule has 1 aromatic heterocycles. The van der Waals surface area contributed by atoms with Gasteiger partial charge in [0.2, 0.25) is 0 Å². The Morgan fingerprint density at radius 2 is 1.86 bits per heavy atom. The summed E-state index contributed by atoms with van der Waals surface area (Å²) in [5.74, 6) is 1.48. The molecule has 0 radical (unpaired) electrons. The van der Waals surface area contributed by atoms with E-state index in [4.69, 9.17) is 11.6 Å². The normalized spacial score (nSPS) is 10.9. The number of thioether (sulfide) groups is 1. The average molecular weight is 353 g/mol. The van der Waals surface area contributed by atoms with Crippen LogP contribution in [0.1, 0.15) is 30.9 Å². The number of imidazole rings is 1. The van der Waals surface area contributed by atoms with Gasteiger partial charge in [-0.2, -0.15) is 0 Å². The zero-order valence-corrected chi connectivity index (χ0v) is 14.9. The van der Waals surface area contributed by atoms with Gasteiger partial charge in [0, 0.05) is 10.8 Å². The van der Waals surface area contributed by atoms with Crippen molar-refractivity contribution in [3.8, 4) is 0 Å². The molecule has 3 rings (SSSR count). The van der Waals surface area contributed by atoms with Gasteiger partial charge < -0.3 is 4.98 Å². The Morgan fingerprint density at radius 1 is 1.14 bits per heavy atom. The minimum atomic E-state index is 0. The molecule has 2 nitrogen and oxygen atoms in total. The van der Waals surface area contributed by atoms with Gasteiger partial charge in [-0.15, -0.1) is 12.4 Å². The van der Waals surface area contributed by atoms with Crippen molar-refractivity contribution in [3.05, 3.63) is 58.6 Å². The number of nitrogens with zero attached hydrogens (tertiary/aromatic N) is 1. The Bertz CT molecular complexity index is 751. The minimum absolute atomic E-state index is 0. The SMILES string of the molecule is CC(C)c1ccc(CSc2nc3ccc(Cl)cc3[nH]2)cc1.Cl. The van der Waals surface area contributed by atoms with E-state index < -0.39 is 0 Å². The summed E-state index contributed by atoms with van der Waals surface area (Å²) in [6, 6.07) is 14.5. The highest BCUT2D eigenvalue weighted by atomic mass is 35.5. The van der Waals surface area contributed by atoms with Gasteiger partial charge in [0.25, 0.3) is 0 Å². The maximum absolute atomic E-state index is 5.99. The van der Waals surface area contributed by atoms with E-state index in [0.717, 1.165) is 27.0 Å². The minimum Gasteiger partial charge on any atom is -0.333 e. The van der Waals surface area contributed by atoms with Crippen LogP contribution in [0.15, 0.2) is 47.6 Å². The molecule has 0 aliphatic rings. The third-order valence-electron chi connectivity index (χ3n) is 3.44. The molecule has 0 saturated carbocycles. The predicted molar refractivity (Wildman–Crippen MR) is 98.4 cm³/mol. The molecule has 5 heteroatoms. The van der Waals surface area contributed by atoms with Crippen LogP contribution in [0.3, 0.4) is 0 Å². The first-order chi connectivity index (χ1) is 10.1. The van der Waals surface area contributed by atoms with Crippen LogP contribution in [-0.2, 0) is 5.75 Å². The lowest BCUT2D eigenvalue weighted by molar-refractivity contribution is 0.866. The molecular formula is C17H18Cl2N2S. The van der Waals surface area contributed by atoms with Gasteiger partial charge in [-0.3, -0.25) is 0 Å². The highest BCUT2D eigenvalue weighted by Crippen LogP contribution is 2.25. The van der Waals surface area contributed by atoms with Crippen molar-refractivity contribution in [3.63, 3.8) is 0 Å². The Labute approximate surface area is 146 Å². The first-order valence-electron chi connectivity index (χ1n) is 6.99. The third-order valence-corrected chi connectivity index (χ3v) is 4.62. The van der Waals surface area contributed by atoms with Gasteiger partial charge in [0.1, 0.15) is 0 Å². The molecule has 1 heterocycles. The summed E-state index contributed by atoms with van der Waals surface area (Å²) in [5.41, 5.74) is 4.63. The first-order valence-corrected chi connectivity index (χ1v) is 8.35. The highest BCUT2D eigenvalue weighted by molar-refractivity contribution is 7.98. The van der Waals surface area contributed by atoms with E-state index >= 15 is 0 Å². The van der Waals surface area contributed by atoms with Crippen molar-refractivity contribution < 1.29 is 0 Å². The van der Waals surface area contributed by atoms with Crippen LogP contribution in [-0.4, -0.2) is 9.97 Å². The number of H-pyrrole nitrogens is 1. The number of rotatable bonds is 4. The second kappa shape index (κ2) is 7.40. The topological polar surface area (TPSA) is 28.7 Å². The molecule has 0 spiro atoms. The van der Waals surface area contributed by atoms with Gasteiger partial charge in [-0.1, -0.05) is 61.5 Å². The van der Waals surface area contributed by atoms with Crippen LogP contribution < -0.4 is 0 Å². The predicted octanol–water partition coefficient (Wildman–Crippen LogP) is 6.05. The number of benzene rings is 2. The number of hydrogen-bond donors (Lipinski definition) is 1. The van der Waals surface area contributed by atoms with E-state index in [1.807, 2.05) is 18.2 Å². The summed E-state index contributed by atoms with van der Waals surface area (Å²) in [6.07, 6.45) is 0. The molecule has 0 atom stereocenters. The second-order valence-corrected chi connectivity index (χ2v) is 6.79. The second-order valence-electron chi connectivity index (χ2n) is 5.39. The number of fused-ring (bicyclic) bond motifs is 1. The summed E-state index contributed by atoms with van der Waals surface area (Å²) in [4.78, 5) is 7.87. The molecule has 0 amide bonds. The summed E-state index contributed by atoms with van der Waals surface area (Å²) in [5, 5.41) is 1.66. The van der Waals surface area contributed by atoms with E-state index in [9.17, 15) is 0 Å². The Balaban J connectivity index is 0.00000176. The number of halogens is 2. The fourth-order valence-electron chi connectivity index (χ4n) is 2.18. The smallest absolute Gasteiger partial charge is 0.166 e. The average Bonchev–Trinajstić information content (AvgIpc) is 2.87. The Morgan fingerprint density at radius 3 is 2.55 bits per heavy atom. The summed E-state index contributed by atoms with van der Waals surface area (Å²) in [6.45, 7) is 4.42. The van der Waals surface area contributed by atoms with Gasteiger partial charge >= 0.3 is 0 Å². The van der Waals surface area contributed by atoms with Crippen molar-refractivity contribution in [2.75, 3.05) is 0 Å². The first kappa shape index (κ1) is 17.2. The fourth-order valence-corrected chi connectivity index (χ4v) is 3.19. The maximum atomic E-state index is 5.99. The molecule has 2 aromatic carbocycles. The lowest BCUT2D eigenvalue weighted by Crippen LogP contribution is -1.88. The van der Waals surface area contributed by atoms with Crippen LogP contribution in [0.2, 0.25) is 5.02 Å². The van der Waals surface area contributed by atoms with Gasteiger partial charge in [0.05, 0.1) is 11.0 Å². The molecule has 0 saturated heterocycles. The van der Waals surface area contributed by atoms with Crippen molar-refractivity contribution in [1.29, 1.82) is 0 Å². The largest absolute Gasteiger partial charge is 0.333 e. The zero-order chi connectivity index (χ0) is 14.8. The summed E-state index contributed by atoms with van der Waals surface area (Å²) in [7, 11) is 0. The molecule has 116 valence electrons. The number of aromatic nitrogens is 2. The van der Waals surface area contributed by atoms with E-state index in [0.29, 0.717) is 5.92 Å². The number of hydrogen-bond acceptors (Lipinski definition) is 2. The molecule has 0 unspecified atom stereocenters. The van der Waals surface area contributed by atoms with E-state index in [1.54, 1.807) is 11.8 Å². The maximum Gasteiger partial charge on any atom is 0.166 e. The van der Waals surface area contributed by atoms with Crippen LogP contribution in [0.25, 0.3) is 11.0 Å². The Kier molecular flexibility index (Phi) is 5.79. The lowest BCUT2D eigenvalue weighted by Gasteiger charge is -2.06. The van der Waals surface area contributed by atoms with Gasteiger partial charge in [-0.05, 0) is 35.2 Å². The molecule has 0 bridgehead atoms. The lowest BCUT2D eigenvalue weighted by atomic mass is 10.0. The molecular weight excluding hydrogens is 335 g/mol.